The quantitative estimate of drug-likeness (QED) is 0.323. The minimum atomic E-state index is -0.169. The molecule has 2 atom stereocenters. The zero-order valence-electron chi connectivity index (χ0n) is 22.6. The van der Waals surface area contributed by atoms with E-state index in [0.717, 1.165) is 62.6 Å². The fourth-order valence-electron chi connectivity index (χ4n) is 6.33. The van der Waals surface area contributed by atoms with E-state index in [1.54, 1.807) is 6.33 Å². The molecule has 2 aliphatic heterocycles. The molecule has 1 fully saturated rings. The average Bonchev–Trinajstić information content (AvgIpc) is 3.68. The maximum atomic E-state index is 12.2. The fraction of sp³-hybridized carbons (Fsp3) is 0.414. The Morgan fingerprint density at radius 1 is 1.10 bits per heavy atom. The number of likely N-dealkylation sites (tertiary alicyclic amines) is 1. The van der Waals surface area contributed by atoms with Crippen LogP contribution in [0.1, 0.15) is 52.8 Å². The second-order valence-corrected chi connectivity index (χ2v) is 12.6. The fourth-order valence-corrected chi connectivity index (χ4v) is 7.67. The van der Waals surface area contributed by atoms with Gasteiger partial charge < -0.3 is 9.64 Å². The predicted molar refractivity (Wildman–Crippen MR) is 152 cm³/mol. The van der Waals surface area contributed by atoms with Crippen molar-refractivity contribution in [2.75, 3.05) is 14.1 Å². The van der Waals surface area contributed by atoms with E-state index in [1.165, 1.54) is 27.5 Å². The summed E-state index contributed by atoms with van der Waals surface area (Å²) >= 11 is 8.15. The van der Waals surface area contributed by atoms with Gasteiger partial charge in [-0.15, -0.1) is 11.3 Å². The summed E-state index contributed by atoms with van der Waals surface area (Å²) in [6.45, 7) is 0.254. The third-order valence-corrected chi connectivity index (χ3v) is 9.68. The largest absolute Gasteiger partial charge is 0.483 e. The van der Waals surface area contributed by atoms with Gasteiger partial charge in [-0.25, -0.2) is 9.97 Å². The van der Waals surface area contributed by atoms with Crippen molar-refractivity contribution in [1.82, 2.24) is 29.5 Å². The molecular weight excluding hydrogens is 548 g/mol. The first-order valence-electron chi connectivity index (χ1n) is 13.5. The molecule has 1 aromatic carbocycles. The highest BCUT2D eigenvalue weighted by Gasteiger charge is 2.36. The smallest absolute Gasteiger partial charge is 0.230 e. The molecule has 3 aromatic heterocycles. The molecule has 7 rings (SSSR count). The maximum absolute atomic E-state index is 12.2. The summed E-state index contributed by atoms with van der Waals surface area (Å²) in [4.78, 5) is 38.0. The molecule has 1 aliphatic carbocycles. The number of nitrogens with zero attached hydrogens (tertiary/aromatic N) is 6. The molecule has 206 valence electrons. The number of hydrogen-bond acceptors (Lipinski definition) is 8. The Balaban J connectivity index is 1.25. The normalized spacial score (nSPS) is 20.5. The summed E-state index contributed by atoms with van der Waals surface area (Å²) in [7, 11) is 6.29. The van der Waals surface area contributed by atoms with Crippen molar-refractivity contribution < 1.29 is 14.3 Å². The summed E-state index contributed by atoms with van der Waals surface area (Å²) in [5.41, 5.74) is 6.97. The zero-order valence-corrected chi connectivity index (χ0v) is 24.2. The lowest BCUT2D eigenvalue weighted by Crippen LogP contribution is -2.33. The van der Waals surface area contributed by atoms with E-state index in [1.807, 2.05) is 29.9 Å². The number of rotatable bonds is 5. The van der Waals surface area contributed by atoms with Crippen molar-refractivity contribution >= 4 is 45.0 Å². The highest BCUT2D eigenvalue weighted by molar-refractivity contribution is 7.19. The minimum absolute atomic E-state index is 0.130. The first-order chi connectivity index (χ1) is 19.3. The highest BCUT2D eigenvalue weighted by atomic mass is 35.5. The summed E-state index contributed by atoms with van der Waals surface area (Å²) in [5, 5.41) is 5.49. The van der Waals surface area contributed by atoms with Gasteiger partial charge in [0.05, 0.1) is 33.8 Å². The maximum Gasteiger partial charge on any atom is 0.230 e. The van der Waals surface area contributed by atoms with E-state index in [4.69, 9.17) is 21.4 Å². The van der Waals surface area contributed by atoms with Gasteiger partial charge in [-0.1, -0.05) is 11.6 Å². The van der Waals surface area contributed by atoms with Gasteiger partial charge in [-0.05, 0) is 51.6 Å². The third kappa shape index (κ3) is 4.20. The number of aryl methyl sites for hydroxylation is 2. The standard InChI is InChI=1S/C29H29ClN6O3S/c1-34(2)17-4-5-21-19(11-17)27(35(3)33-21)23-9-15-8-16(30)10-20(28(15)39-23)26-29-22(31-14-32-26)12-18(40-29)13-36-24(37)6-7-25(36)38/h8,10,12,14,17,23H,4-7,9,11,13H2,1-3H3/t17?,23-/m1/s1. The lowest BCUT2D eigenvalue weighted by atomic mass is 9.89. The SMILES string of the molecule is CN(C)C1CCc2nn(C)c([C@H]3Cc4cc(Cl)cc(-c5ncnc6cc(CN7C(=O)CCC7=O)sc56)c4O3)c2C1. The number of fused-ring (bicyclic) bond motifs is 3. The van der Waals surface area contributed by atoms with E-state index >= 15 is 0 Å². The van der Waals surface area contributed by atoms with Crippen LogP contribution in [-0.4, -0.2) is 61.5 Å². The second-order valence-electron chi connectivity index (χ2n) is 11.1. The molecule has 1 unspecified atom stereocenters. The third-order valence-electron chi connectivity index (χ3n) is 8.35. The summed E-state index contributed by atoms with van der Waals surface area (Å²) in [6.07, 6.45) is 5.66. The van der Waals surface area contributed by atoms with Gasteiger partial charge in [0.15, 0.2) is 0 Å². The molecule has 0 radical (unpaired) electrons. The van der Waals surface area contributed by atoms with Crippen LogP contribution in [0.3, 0.4) is 0 Å². The summed E-state index contributed by atoms with van der Waals surface area (Å²) in [5.74, 6) is 0.523. The number of thiophene rings is 1. The van der Waals surface area contributed by atoms with Crippen LogP contribution in [0.25, 0.3) is 21.5 Å². The molecule has 40 heavy (non-hydrogen) atoms. The number of halogens is 1. The van der Waals surface area contributed by atoms with E-state index in [9.17, 15) is 9.59 Å². The average molecular weight is 577 g/mol. The monoisotopic (exact) mass is 576 g/mol. The van der Waals surface area contributed by atoms with Crippen LogP contribution >= 0.6 is 22.9 Å². The number of benzene rings is 1. The Bertz CT molecular complexity index is 1680. The van der Waals surface area contributed by atoms with Crippen molar-refractivity contribution in [3.63, 3.8) is 0 Å². The number of likely N-dealkylation sites (N-methyl/N-ethyl adjacent to an activating group) is 1. The van der Waals surface area contributed by atoms with Crippen LogP contribution < -0.4 is 4.74 Å². The Hall–Kier alpha value is -3.34. The molecule has 9 nitrogen and oxygen atoms in total. The number of hydrogen-bond donors (Lipinski definition) is 0. The van der Waals surface area contributed by atoms with Crippen LogP contribution in [0.15, 0.2) is 24.5 Å². The van der Waals surface area contributed by atoms with Crippen LogP contribution in [0.4, 0.5) is 0 Å². The first kappa shape index (κ1) is 25.6. The molecule has 0 bridgehead atoms. The van der Waals surface area contributed by atoms with Crippen LogP contribution in [0.5, 0.6) is 5.75 Å². The molecule has 1 saturated heterocycles. The molecular formula is C29H29ClN6O3S. The molecule has 11 heteroatoms. The van der Waals surface area contributed by atoms with E-state index in [0.29, 0.717) is 17.5 Å². The summed E-state index contributed by atoms with van der Waals surface area (Å²) < 4.78 is 9.61. The van der Waals surface area contributed by atoms with Gasteiger partial charge in [-0.3, -0.25) is 19.2 Å². The van der Waals surface area contributed by atoms with E-state index in [2.05, 4.69) is 29.0 Å². The molecule has 0 N–H and O–H groups in total. The van der Waals surface area contributed by atoms with Gasteiger partial charge in [-0.2, -0.15) is 5.10 Å². The number of imide groups is 1. The molecule has 4 aromatic rings. The van der Waals surface area contributed by atoms with Gasteiger partial charge >= 0.3 is 0 Å². The van der Waals surface area contributed by atoms with Crippen molar-refractivity contribution in [2.45, 2.75) is 57.2 Å². The van der Waals surface area contributed by atoms with Gasteiger partial charge in [0.25, 0.3) is 0 Å². The van der Waals surface area contributed by atoms with Crippen molar-refractivity contribution in [2.24, 2.45) is 7.05 Å². The number of ether oxygens (including phenoxy) is 1. The summed E-state index contributed by atoms with van der Waals surface area (Å²) in [6, 6.07) is 6.30. The van der Waals surface area contributed by atoms with Crippen molar-refractivity contribution in [1.29, 1.82) is 0 Å². The number of amides is 2. The van der Waals surface area contributed by atoms with Crippen molar-refractivity contribution in [3.05, 3.63) is 56.9 Å². The Labute approximate surface area is 240 Å². The van der Waals surface area contributed by atoms with E-state index < -0.39 is 0 Å². The Morgan fingerprint density at radius 3 is 2.67 bits per heavy atom. The lowest BCUT2D eigenvalue weighted by molar-refractivity contribution is -0.138. The first-order valence-corrected chi connectivity index (χ1v) is 14.7. The number of aromatic nitrogens is 4. The molecule has 0 saturated carbocycles. The molecule has 0 spiro atoms. The van der Waals surface area contributed by atoms with Crippen LogP contribution in [-0.2, 0) is 42.4 Å². The van der Waals surface area contributed by atoms with E-state index in [-0.39, 0.29) is 37.3 Å². The zero-order chi connectivity index (χ0) is 27.7. The topological polar surface area (TPSA) is 93.5 Å². The van der Waals surface area contributed by atoms with Gasteiger partial charge in [0.2, 0.25) is 11.8 Å². The van der Waals surface area contributed by atoms with Crippen LogP contribution in [0, 0.1) is 0 Å². The lowest BCUT2D eigenvalue weighted by Gasteiger charge is -2.28. The van der Waals surface area contributed by atoms with Crippen molar-refractivity contribution in [3.8, 4) is 17.0 Å². The number of carbonyl (C=O) groups is 2. The van der Waals surface area contributed by atoms with Gasteiger partial charge in [0, 0.05) is 58.9 Å². The predicted octanol–water partition coefficient (Wildman–Crippen LogP) is 4.49. The Morgan fingerprint density at radius 2 is 1.90 bits per heavy atom. The second kappa shape index (κ2) is 9.64. The van der Waals surface area contributed by atoms with Crippen LogP contribution in [0.2, 0.25) is 5.02 Å². The highest BCUT2D eigenvalue weighted by Crippen LogP contribution is 2.47. The number of carbonyl (C=O) groups excluding carboxylic acids is 2. The molecule has 2 amide bonds. The molecule has 5 heterocycles. The Kier molecular flexibility index (Phi) is 6.17. The minimum Gasteiger partial charge on any atom is -0.483 e. The van der Waals surface area contributed by atoms with Gasteiger partial charge in [0.1, 0.15) is 18.2 Å². The molecule has 3 aliphatic rings.